The monoisotopic (exact) mass is 303 g/mol. The zero-order valence-corrected chi connectivity index (χ0v) is 12.4. The van der Waals surface area contributed by atoms with Gasteiger partial charge >= 0.3 is 0 Å². The predicted molar refractivity (Wildman–Crippen MR) is 83.5 cm³/mol. The zero-order valence-electron chi connectivity index (χ0n) is 11.6. The molecule has 3 rings (SSSR count). The lowest BCUT2D eigenvalue weighted by atomic mass is 9.92. The first-order valence-corrected chi connectivity index (χ1v) is 7.45. The second kappa shape index (κ2) is 5.68. The fraction of sp³-hybridized carbons (Fsp3) is 0.294. The molecule has 0 saturated carbocycles. The van der Waals surface area contributed by atoms with Crippen molar-refractivity contribution in [1.29, 1.82) is 0 Å². The van der Waals surface area contributed by atoms with Gasteiger partial charge in [0.15, 0.2) is 0 Å². The molecule has 0 spiro atoms. The average Bonchev–Trinajstić information content (AvgIpc) is 2.88. The van der Waals surface area contributed by atoms with Gasteiger partial charge in [0.05, 0.1) is 17.2 Å². The number of phenols is 1. The highest BCUT2D eigenvalue weighted by molar-refractivity contribution is 6.32. The van der Waals surface area contributed by atoms with E-state index in [-0.39, 0.29) is 12.4 Å². The van der Waals surface area contributed by atoms with E-state index >= 15 is 0 Å². The maximum absolute atomic E-state index is 9.99. The molecule has 4 heteroatoms. The van der Waals surface area contributed by atoms with Crippen molar-refractivity contribution in [2.75, 3.05) is 6.61 Å². The number of benzene rings is 2. The molecule has 0 heterocycles. The predicted octanol–water partition coefficient (Wildman–Crippen LogP) is 2.97. The van der Waals surface area contributed by atoms with E-state index < -0.39 is 5.54 Å². The Hall–Kier alpha value is -1.55. The van der Waals surface area contributed by atoms with Crippen molar-refractivity contribution in [3.8, 4) is 5.75 Å². The molecule has 1 aliphatic carbocycles. The molecule has 1 atom stereocenters. The van der Waals surface area contributed by atoms with Crippen molar-refractivity contribution in [3.63, 3.8) is 0 Å². The summed E-state index contributed by atoms with van der Waals surface area (Å²) in [6.07, 6.45) is 1.80. The number of hydrogen-bond acceptors (Lipinski definition) is 3. The van der Waals surface area contributed by atoms with Crippen LogP contribution in [0.3, 0.4) is 0 Å². The lowest BCUT2D eigenvalue weighted by Crippen LogP contribution is -2.43. The standard InChI is InChI=1S/C17H18ClNO2/c18-15-7-3-5-13(16(15)21)10-19-17(11-20)9-8-12-4-1-2-6-14(12)17/h1-7,19-21H,8-11H2. The number of aromatic hydroxyl groups is 1. The number of para-hydroxylation sites is 1. The van der Waals surface area contributed by atoms with Gasteiger partial charge in [-0.1, -0.05) is 48.0 Å². The van der Waals surface area contributed by atoms with Gasteiger partial charge in [0.1, 0.15) is 5.75 Å². The highest BCUT2D eigenvalue weighted by atomic mass is 35.5. The maximum Gasteiger partial charge on any atom is 0.138 e. The van der Waals surface area contributed by atoms with Gasteiger partial charge in [0.25, 0.3) is 0 Å². The van der Waals surface area contributed by atoms with Crippen molar-refractivity contribution < 1.29 is 10.2 Å². The Bertz CT molecular complexity index is 659. The fourth-order valence-corrected chi connectivity index (χ4v) is 3.25. The maximum atomic E-state index is 9.99. The lowest BCUT2D eigenvalue weighted by molar-refractivity contribution is 0.158. The first-order chi connectivity index (χ1) is 10.2. The Morgan fingerprint density at radius 2 is 1.95 bits per heavy atom. The number of halogens is 1. The van der Waals surface area contributed by atoms with Crippen LogP contribution in [0.25, 0.3) is 0 Å². The molecule has 0 aliphatic heterocycles. The third-order valence-electron chi connectivity index (χ3n) is 4.31. The second-order valence-corrected chi connectivity index (χ2v) is 5.91. The number of hydrogen-bond donors (Lipinski definition) is 3. The lowest BCUT2D eigenvalue weighted by Gasteiger charge is -2.30. The largest absolute Gasteiger partial charge is 0.506 e. The van der Waals surface area contributed by atoms with E-state index in [2.05, 4.69) is 17.4 Å². The SMILES string of the molecule is OCC1(NCc2cccc(Cl)c2O)CCc2ccccc21. The summed E-state index contributed by atoms with van der Waals surface area (Å²) >= 11 is 5.93. The number of aliphatic hydroxyl groups is 1. The highest BCUT2D eigenvalue weighted by Crippen LogP contribution is 2.37. The Labute approximate surface area is 129 Å². The van der Waals surface area contributed by atoms with Crippen LogP contribution in [0.4, 0.5) is 0 Å². The van der Waals surface area contributed by atoms with Crippen molar-refractivity contribution in [2.24, 2.45) is 0 Å². The van der Waals surface area contributed by atoms with Crippen LogP contribution in [0.15, 0.2) is 42.5 Å². The first kappa shape index (κ1) is 14.4. The van der Waals surface area contributed by atoms with Crippen LogP contribution in [-0.4, -0.2) is 16.8 Å². The van der Waals surface area contributed by atoms with Gasteiger partial charge in [-0.15, -0.1) is 0 Å². The minimum atomic E-state index is -0.439. The Morgan fingerprint density at radius 1 is 1.14 bits per heavy atom. The molecule has 0 aromatic heterocycles. The van der Waals surface area contributed by atoms with Gasteiger partial charge in [0.2, 0.25) is 0 Å². The third kappa shape index (κ3) is 2.53. The van der Waals surface area contributed by atoms with E-state index in [1.807, 2.05) is 24.3 Å². The summed E-state index contributed by atoms with van der Waals surface area (Å²) in [6, 6.07) is 13.5. The molecule has 3 N–H and O–H groups in total. The normalized spacial score (nSPS) is 20.5. The molecule has 2 aromatic rings. The summed E-state index contributed by atoms with van der Waals surface area (Å²) in [5, 5.41) is 23.7. The molecule has 0 fully saturated rings. The summed E-state index contributed by atoms with van der Waals surface area (Å²) in [6.45, 7) is 0.493. The third-order valence-corrected chi connectivity index (χ3v) is 4.62. The van der Waals surface area contributed by atoms with Gasteiger partial charge in [-0.3, -0.25) is 0 Å². The van der Waals surface area contributed by atoms with Crippen LogP contribution >= 0.6 is 11.6 Å². The van der Waals surface area contributed by atoms with Crippen LogP contribution < -0.4 is 5.32 Å². The minimum Gasteiger partial charge on any atom is -0.506 e. The molecule has 0 saturated heterocycles. The number of fused-ring (bicyclic) bond motifs is 1. The molecular formula is C17H18ClNO2. The van der Waals surface area contributed by atoms with Gasteiger partial charge in [0, 0.05) is 12.1 Å². The van der Waals surface area contributed by atoms with Gasteiger partial charge < -0.3 is 15.5 Å². The first-order valence-electron chi connectivity index (χ1n) is 7.07. The van der Waals surface area contributed by atoms with E-state index in [4.69, 9.17) is 11.6 Å². The quantitative estimate of drug-likeness (QED) is 0.814. The molecular weight excluding hydrogens is 286 g/mol. The van der Waals surface area contributed by atoms with E-state index in [0.717, 1.165) is 24.0 Å². The molecule has 0 bridgehead atoms. The summed E-state index contributed by atoms with van der Waals surface area (Å²) < 4.78 is 0. The molecule has 2 aromatic carbocycles. The van der Waals surface area contributed by atoms with Crippen molar-refractivity contribution in [3.05, 3.63) is 64.2 Å². The van der Waals surface area contributed by atoms with E-state index in [1.165, 1.54) is 5.56 Å². The molecule has 1 aliphatic rings. The molecule has 1 unspecified atom stereocenters. The van der Waals surface area contributed by atoms with Crippen LogP contribution in [0, 0.1) is 0 Å². The zero-order chi connectivity index (χ0) is 14.9. The molecule has 3 nitrogen and oxygen atoms in total. The fourth-order valence-electron chi connectivity index (χ4n) is 3.06. The second-order valence-electron chi connectivity index (χ2n) is 5.50. The Kier molecular flexibility index (Phi) is 3.89. The number of aliphatic hydroxyl groups excluding tert-OH is 1. The van der Waals surface area contributed by atoms with E-state index in [9.17, 15) is 10.2 Å². The van der Waals surface area contributed by atoms with E-state index in [0.29, 0.717) is 11.6 Å². The number of phenolic OH excluding ortho intramolecular Hbond substituents is 1. The van der Waals surface area contributed by atoms with Crippen molar-refractivity contribution in [1.82, 2.24) is 5.32 Å². The Morgan fingerprint density at radius 3 is 2.76 bits per heavy atom. The summed E-state index contributed by atoms with van der Waals surface area (Å²) in [5.41, 5.74) is 2.72. The van der Waals surface area contributed by atoms with Crippen LogP contribution in [0.1, 0.15) is 23.1 Å². The van der Waals surface area contributed by atoms with Gasteiger partial charge in [-0.2, -0.15) is 0 Å². The topological polar surface area (TPSA) is 52.5 Å². The van der Waals surface area contributed by atoms with Gasteiger partial charge in [-0.05, 0) is 30.0 Å². The number of aryl methyl sites for hydroxylation is 1. The average molecular weight is 304 g/mol. The van der Waals surface area contributed by atoms with Crippen LogP contribution in [0.5, 0.6) is 5.75 Å². The smallest absolute Gasteiger partial charge is 0.138 e. The van der Waals surface area contributed by atoms with Crippen LogP contribution in [-0.2, 0) is 18.5 Å². The Balaban J connectivity index is 1.85. The van der Waals surface area contributed by atoms with Crippen molar-refractivity contribution >= 4 is 11.6 Å². The summed E-state index contributed by atoms with van der Waals surface area (Å²) in [5.74, 6) is 0.103. The molecule has 110 valence electrons. The highest BCUT2D eigenvalue weighted by Gasteiger charge is 2.37. The summed E-state index contributed by atoms with van der Waals surface area (Å²) in [4.78, 5) is 0. The molecule has 0 amide bonds. The van der Waals surface area contributed by atoms with Crippen molar-refractivity contribution in [2.45, 2.75) is 24.9 Å². The molecule has 21 heavy (non-hydrogen) atoms. The van der Waals surface area contributed by atoms with Gasteiger partial charge in [-0.25, -0.2) is 0 Å². The minimum absolute atomic E-state index is 0.0331. The number of nitrogens with one attached hydrogen (secondary N) is 1. The van der Waals surface area contributed by atoms with Crippen LogP contribution in [0.2, 0.25) is 5.02 Å². The summed E-state index contributed by atoms with van der Waals surface area (Å²) in [7, 11) is 0. The van der Waals surface area contributed by atoms with E-state index in [1.54, 1.807) is 6.07 Å². The molecule has 0 radical (unpaired) electrons. The number of rotatable bonds is 4.